The SMILES string of the molecule is CNC(=O)[C@@H](Cc1ccccc1)N(Cc1cccc(C)c1)C(=O)COc1ccc2ccccc2c1Br. The van der Waals surface area contributed by atoms with E-state index in [1.807, 2.05) is 97.9 Å². The minimum Gasteiger partial charge on any atom is -0.483 e. The number of hydrogen-bond acceptors (Lipinski definition) is 3. The number of amides is 2. The molecular formula is C30H29BrN2O3. The Bertz CT molecular complexity index is 1360. The maximum absolute atomic E-state index is 13.6. The third-order valence-corrected chi connectivity index (χ3v) is 6.95. The molecule has 0 heterocycles. The van der Waals surface area contributed by atoms with Gasteiger partial charge in [0.25, 0.3) is 5.91 Å². The minimum absolute atomic E-state index is 0.189. The standard InChI is InChI=1S/C30H29BrN2O3/c1-21-9-8-12-23(17-21)19-33(26(30(35)32-2)18-22-10-4-3-5-11-22)28(34)20-36-27-16-15-24-13-6-7-14-25(24)29(27)31/h3-17,26H,18-20H2,1-2H3,(H,32,35)/t26-/m1/s1. The first kappa shape index (κ1) is 25.5. The number of ether oxygens (including phenoxy) is 1. The largest absolute Gasteiger partial charge is 0.483 e. The summed E-state index contributed by atoms with van der Waals surface area (Å²) in [4.78, 5) is 28.3. The molecule has 0 aliphatic carbocycles. The summed E-state index contributed by atoms with van der Waals surface area (Å²) >= 11 is 3.62. The highest BCUT2D eigenvalue weighted by Crippen LogP contribution is 2.33. The lowest BCUT2D eigenvalue weighted by Gasteiger charge is -2.31. The van der Waals surface area contributed by atoms with Gasteiger partial charge in [0.2, 0.25) is 5.91 Å². The maximum atomic E-state index is 13.6. The average molecular weight is 545 g/mol. The molecule has 184 valence electrons. The van der Waals surface area contributed by atoms with Gasteiger partial charge in [-0.1, -0.05) is 90.5 Å². The van der Waals surface area contributed by atoms with Crippen molar-refractivity contribution in [1.29, 1.82) is 0 Å². The quantitative estimate of drug-likeness (QED) is 0.295. The Labute approximate surface area is 220 Å². The molecule has 2 amide bonds. The van der Waals surface area contributed by atoms with Crippen molar-refractivity contribution >= 4 is 38.5 Å². The molecule has 0 unspecified atom stereocenters. The monoisotopic (exact) mass is 544 g/mol. The number of rotatable bonds is 9. The number of likely N-dealkylation sites (N-methyl/N-ethyl adjacent to an activating group) is 1. The Morgan fingerprint density at radius 3 is 2.39 bits per heavy atom. The fraction of sp³-hybridized carbons (Fsp3) is 0.200. The van der Waals surface area contributed by atoms with Crippen LogP contribution in [0.25, 0.3) is 10.8 Å². The van der Waals surface area contributed by atoms with Crippen LogP contribution in [-0.4, -0.2) is 36.4 Å². The number of nitrogens with zero attached hydrogens (tertiary/aromatic N) is 1. The summed E-state index contributed by atoms with van der Waals surface area (Å²) in [6, 6.07) is 28.8. The smallest absolute Gasteiger partial charge is 0.261 e. The van der Waals surface area contributed by atoms with E-state index in [1.54, 1.807) is 11.9 Å². The topological polar surface area (TPSA) is 58.6 Å². The Balaban J connectivity index is 1.62. The van der Waals surface area contributed by atoms with Crippen LogP contribution in [0.5, 0.6) is 5.75 Å². The van der Waals surface area contributed by atoms with E-state index in [0.29, 0.717) is 18.7 Å². The summed E-state index contributed by atoms with van der Waals surface area (Å²) in [6.07, 6.45) is 0.401. The van der Waals surface area contributed by atoms with Gasteiger partial charge in [-0.2, -0.15) is 0 Å². The lowest BCUT2D eigenvalue weighted by Crippen LogP contribution is -2.51. The van der Waals surface area contributed by atoms with Crippen LogP contribution in [0.1, 0.15) is 16.7 Å². The molecule has 0 aliphatic rings. The molecule has 0 saturated carbocycles. The number of benzene rings is 4. The molecule has 5 nitrogen and oxygen atoms in total. The van der Waals surface area contributed by atoms with E-state index in [4.69, 9.17) is 4.74 Å². The van der Waals surface area contributed by atoms with E-state index in [1.165, 1.54) is 0 Å². The van der Waals surface area contributed by atoms with Gasteiger partial charge in [0.05, 0.1) is 4.47 Å². The first-order chi connectivity index (χ1) is 17.5. The number of carbonyl (C=O) groups excluding carboxylic acids is 2. The lowest BCUT2D eigenvalue weighted by atomic mass is 10.0. The van der Waals surface area contributed by atoms with E-state index >= 15 is 0 Å². The molecule has 0 aliphatic heterocycles. The minimum atomic E-state index is -0.686. The van der Waals surface area contributed by atoms with Crippen molar-refractivity contribution in [2.45, 2.75) is 25.9 Å². The zero-order valence-corrected chi connectivity index (χ0v) is 22.0. The normalized spacial score (nSPS) is 11.6. The second-order valence-corrected chi connectivity index (χ2v) is 9.51. The van der Waals surface area contributed by atoms with Crippen LogP contribution < -0.4 is 10.1 Å². The number of aryl methyl sites for hydroxylation is 1. The van der Waals surface area contributed by atoms with Crippen LogP contribution in [0.15, 0.2) is 95.5 Å². The zero-order valence-electron chi connectivity index (χ0n) is 20.4. The van der Waals surface area contributed by atoms with Crippen molar-refractivity contribution in [3.8, 4) is 5.75 Å². The van der Waals surface area contributed by atoms with Crippen LogP contribution >= 0.6 is 15.9 Å². The van der Waals surface area contributed by atoms with Crippen LogP contribution in [0, 0.1) is 6.92 Å². The summed E-state index contributed by atoms with van der Waals surface area (Å²) in [5.41, 5.74) is 3.03. The molecule has 0 spiro atoms. The van der Waals surface area contributed by atoms with E-state index in [0.717, 1.165) is 31.9 Å². The molecule has 0 bridgehead atoms. The molecule has 36 heavy (non-hydrogen) atoms. The van der Waals surface area contributed by atoms with Gasteiger partial charge in [0.15, 0.2) is 6.61 Å². The summed E-state index contributed by atoms with van der Waals surface area (Å²) in [5.74, 6) is 0.102. The van der Waals surface area contributed by atoms with E-state index in [9.17, 15) is 9.59 Å². The molecule has 4 rings (SSSR count). The van der Waals surface area contributed by atoms with Crippen LogP contribution in [-0.2, 0) is 22.6 Å². The summed E-state index contributed by atoms with van der Waals surface area (Å²) in [6.45, 7) is 2.12. The molecule has 0 fully saturated rings. The molecule has 6 heteroatoms. The van der Waals surface area contributed by atoms with Gasteiger partial charge < -0.3 is 15.0 Å². The Hall–Kier alpha value is -3.64. The number of hydrogen-bond donors (Lipinski definition) is 1. The van der Waals surface area contributed by atoms with Crippen molar-refractivity contribution in [2.75, 3.05) is 13.7 Å². The number of nitrogens with one attached hydrogen (secondary N) is 1. The van der Waals surface area contributed by atoms with Gasteiger partial charge in [-0.3, -0.25) is 9.59 Å². The molecule has 4 aromatic carbocycles. The average Bonchev–Trinajstić information content (AvgIpc) is 2.90. The number of fused-ring (bicyclic) bond motifs is 1. The van der Waals surface area contributed by atoms with Crippen molar-refractivity contribution in [2.24, 2.45) is 0 Å². The second-order valence-electron chi connectivity index (χ2n) is 8.72. The maximum Gasteiger partial charge on any atom is 0.261 e. The Morgan fingerprint density at radius 1 is 0.917 bits per heavy atom. The molecule has 0 saturated heterocycles. The highest BCUT2D eigenvalue weighted by Gasteiger charge is 2.30. The Morgan fingerprint density at radius 2 is 1.64 bits per heavy atom. The summed E-state index contributed by atoms with van der Waals surface area (Å²) in [5, 5.41) is 4.82. The van der Waals surface area contributed by atoms with Gasteiger partial charge >= 0.3 is 0 Å². The van der Waals surface area contributed by atoms with E-state index in [2.05, 4.69) is 21.2 Å². The van der Waals surface area contributed by atoms with Gasteiger partial charge in [-0.25, -0.2) is 0 Å². The summed E-state index contributed by atoms with van der Waals surface area (Å²) < 4.78 is 6.79. The van der Waals surface area contributed by atoms with Crippen molar-refractivity contribution in [1.82, 2.24) is 10.2 Å². The van der Waals surface area contributed by atoms with Crippen LogP contribution in [0.3, 0.4) is 0 Å². The van der Waals surface area contributed by atoms with Gasteiger partial charge in [0.1, 0.15) is 11.8 Å². The highest BCUT2D eigenvalue weighted by molar-refractivity contribution is 9.10. The van der Waals surface area contributed by atoms with Crippen LogP contribution in [0.2, 0.25) is 0 Å². The summed E-state index contributed by atoms with van der Waals surface area (Å²) in [7, 11) is 1.60. The van der Waals surface area contributed by atoms with Gasteiger partial charge in [-0.05, 0) is 50.8 Å². The first-order valence-corrected chi connectivity index (χ1v) is 12.7. The highest BCUT2D eigenvalue weighted by atomic mass is 79.9. The Kier molecular flexibility index (Phi) is 8.39. The molecule has 1 N–H and O–H groups in total. The fourth-order valence-electron chi connectivity index (χ4n) is 4.28. The molecule has 0 radical (unpaired) electrons. The number of halogens is 1. The fourth-order valence-corrected chi connectivity index (χ4v) is 4.88. The number of carbonyl (C=O) groups is 2. The molecule has 0 aromatic heterocycles. The van der Waals surface area contributed by atoms with Crippen LogP contribution in [0.4, 0.5) is 0 Å². The van der Waals surface area contributed by atoms with Gasteiger partial charge in [-0.15, -0.1) is 0 Å². The predicted octanol–water partition coefficient (Wildman–Crippen LogP) is 5.68. The molecule has 1 atom stereocenters. The van der Waals surface area contributed by atoms with Crippen molar-refractivity contribution < 1.29 is 14.3 Å². The predicted molar refractivity (Wildman–Crippen MR) is 147 cm³/mol. The van der Waals surface area contributed by atoms with Crippen molar-refractivity contribution in [3.05, 3.63) is 112 Å². The first-order valence-electron chi connectivity index (χ1n) is 11.9. The van der Waals surface area contributed by atoms with Gasteiger partial charge in [0, 0.05) is 20.0 Å². The van der Waals surface area contributed by atoms with Crippen molar-refractivity contribution in [3.63, 3.8) is 0 Å². The van der Waals surface area contributed by atoms with E-state index < -0.39 is 6.04 Å². The second kappa shape index (κ2) is 11.9. The molecular weight excluding hydrogens is 516 g/mol. The van der Waals surface area contributed by atoms with E-state index in [-0.39, 0.29) is 18.4 Å². The zero-order chi connectivity index (χ0) is 25.5. The third kappa shape index (κ3) is 6.13. The lowest BCUT2D eigenvalue weighted by molar-refractivity contribution is -0.142. The molecule has 4 aromatic rings. The third-order valence-electron chi connectivity index (χ3n) is 6.13.